The minimum absolute atomic E-state index is 0.302. The van der Waals surface area contributed by atoms with Crippen LogP contribution in [0.1, 0.15) is 18.4 Å². The van der Waals surface area contributed by atoms with Crippen molar-refractivity contribution in [1.82, 2.24) is 14.9 Å². The van der Waals surface area contributed by atoms with Gasteiger partial charge in [0.05, 0.1) is 0 Å². The molecular weight excluding hydrogens is 264 g/mol. The van der Waals surface area contributed by atoms with Crippen molar-refractivity contribution in [3.05, 3.63) is 5.56 Å². The summed E-state index contributed by atoms with van der Waals surface area (Å²) in [7, 11) is 2.21. The number of nitrogens with zero attached hydrogens (tertiary/aromatic N) is 4. The number of fused-ring (bicyclic) bond motifs is 1. The Morgan fingerprint density at radius 3 is 2.33 bits per heavy atom. The molecule has 4 rings (SSSR count). The van der Waals surface area contributed by atoms with Crippen molar-refractivity contribution in [2.75, 3.05) is 49.6 Å². The summed E-state index contributed by atoms with van der Waals surface area (Å²) >= 11 is 0. The number of hydrogen-bond acceptors (Lipinski definition) is 6. The molecule has 0 amide bonds. The van der Waals surface area contributed by atoms with Gasteiger partial charge in [-0.1, -0.05) is 0 Å². The molecule has 1 aliphatic carbocycles. The van der Waals surface area contributed by atoms with Gasteiger partial charge in [0, 0.05) is 31.7 Å². The van der Waals surface area contributed by atoms with Crippen LogP contribution in [-0.4, -0.2) is 48.1 Å². The van der Waals surface area contributed by atoms with Gasteiger partial charge in [0.15, 0.2) is 0 Å². The largest absolute Gasteiger partial charge is 0.383 e. The lowest BCUT2D eigenvalue weighted by molar-refractivity contribution is 0.386. The van der Waals surface area contributed by atoms with Gasteiger partial charge in [-0.2, -0.15) is 9.97 Å². The maximum absolute atomic E-state index is 6.14. The van der Waals surface area contributed by atoms with Crippen molar-refractivity contribution in [2.45, 2.75) is 19.3 Å². The molecule has 6 nitrogen and oxygen atoms in total. The maximum atomic E-state index is 6.14. The van der Waals surface area contributed by atoms with Gasteiger partial charge in [0.2, 0.25) is 5.95 Å². The second-order valence-electron chi connectivity index (χ2n) is 7.06. The number of aromatic nitrogens is 2. The van der Waals surface area contributed by atoms with Gasteiger partial charge in [-0.25, -0.2) is 0 Å². The summed E-state index contributed by atoms with van der Waals surface area (Å²) in [5.74, 6) is 4.16. The lowest BCUT2D eigenvalue weighted by Crippen LogP contribution is -2.29. The topological polar surface area (TPSA) is 84.3 Å². The molecule has 0 bridgehead atoms. The first-order chi connectivity index (χ1) is 10.1. The zero-order valence-electron chi connectivity index (χ0n) is 12.6. The minimum atomic E-state index is 0.302. The molecule has 0 spiro atoms. The van der Waals surface area contributed by atoms with E-state index in [-0.39, 0.29) is 0 Å². The second-order valence-corrected chi connectivity index (χ2v) is 7.06. The van der Waals surface area contributed by atoms with Crippen LogP contribution in [0.2, 0.25) is 0 Å². The van der Waals surface area contributed by atoms with E-state index in [1.807, 2.05) is 0 Å². The van der Waals surface area contributed by atoms with Crippen LogP contribution in [-0.2, 0) is 6.42 Å². The Kier molecular flexibility index (Phi) is 2.96. The molecule has 1 saturated carbocycles. The Labute approximate surface area is 125 Å². The first-order valence-corrected chi connectivity index (χ1v) is 7.95. The Bertz CT molecular complexity index is 541. The van der Waals surface area contributed by atoms with Crippen LogP contribution < -0.4 is 16.4 Å². The summed E-state index contributed by atoms with van der Waals surface area (Å²) in [6, 6.07) is 0. The Morgan fingerprint density at radius 1 is 1.05 bits per heavy atom. The van der Waals surface area contributed by atoms with Crippen LogP contribution >= 0.6 is 0 Å². The van der Waals surface area contributed by atoms with E-state index in [4.69, 9.17) is 11.5 Å². The smallest absolute Gasteiger partial charge is 0.223 e. The van der Waals surface area contributed by atoms with Crippen molar-refractivity contribution >= 4 is 17.6 Å². The average Bonchev–Trinajstić information content (AvgIpc) is 3.04. The lowest BCUT2D eigenvalue weighted by atomic mass is 10.0. The SMILES string of the molecule is CN1C[C@@H]2CN(c3nc(N)nc(N)c3CC3CC3)C[C@@H]2C1. The zero-order chi connectivity index (χ0) is 14.6. The van der Waals surface area contributed by atoms with Gasteiger partial charge in [-0.15, -0.1) is 0 Å². The minimum Gasteiger partial charge on any atom is -0.383 e. The highest BCUT2D eigenvalue weighted by Gasteiger charge is 2.40. The van der Waals surface area contributed by atoms with E-state index in [2.05, 4.69) is 26.8 Å². The molecule has 3 fully saturated rings. The summed E-state index contributed by atoms with van der Waals surface area (Å²) in [5.41, 5.74) is 13.1. The highest BCUT2D eigenvalue weighted by molar-refractivity contribution is 5.60. The summed E-state index contributed by atoms with van der Waals surface area (Å²) < 4.78 is 0. The zero-order valence-corrected chi connectivity index (χ0v) is 12.6. The summed E-state index contributed by atoms with van der Waals surface area (Å²) in [5, 5.41) is 0. The molecule has 1 aromatic rings. The summed E-state index contributed by atoms with van der Waals surface area (Å²) in [6.07, 6.45) is 3.62. The highest BCUT2D eigenvalue weighted by Crippen LogP contribution is 2.39. The van der Waals surface area contributed by atoms with E-state index in [0.29, 0.717) is 11.8 Å². The molecular formula is C15H24N6. The van der Waals surface area contributed by atoms with Gasteiger partial charge in [-0.05, 0) is 44.1 Å². The Balaban J connectivity index is 1.62. The molecule has 2 saturated heterocycles. The molecule has 3 heterocycles. The molecule has 6 heteroatoms. The van der Waals surface area contributed by atoms with Gasteiger partial charge in [0.1, 0.15) is 11.6 Å². The van der Waals surface area contributed by atoms with Gasteiger partial charge in [-0.3, -0.25) is 0 Å². The van der Waals surface area contributed by atoms with Crippen molar-refractivity contribution in [3.8, 4) is 0 Å². The number of nitrogens with two attached hydrogens (primary N) is 2. The van der Waals surface area contributed by atoms with Crippen LogP contribution in [0.15, 0.2) is 0 Å². The fraction of sp³-hybridized carbons (Fsp3) is 0.733. The Morgan fingerprint density at radius 2 is 1.71 bits per heavy atom. The highest BCUT2D eigenvalue weighted by atomic mass is 15.3. The van der Waals surface area contributed by atoms with Crippen LogP contribution in [0.3, 0.4) is 0 Å². The first-order valence-electron chi connectivity index (χ1n) is 7.95. The predicted octanol–water partition coefficient (Wildman–Crippen LogP) is 0.591. The molecule has 4 N–H and O–H groups in total. The van der Waals surface area contributed by atoms with E-state index >= 15 is 0 Å². The van der Waals surface area contributed by atoms with Crippen molar-refractivity contribution < 1.29 is 0 Å². The summed E-state index contributed by atoms with van der Waals surface area (Å²) in [6.45, 7) is 4.52. The molecule has 2 aliphatic heterocycles. The number of rotatable bonds is 3. The fourth-order valence-corrected chi connectivity index (χ4v) is 3.98. The van der Waals surface area contributed by atoms with Gasteiger partial charge < -0.3 is 21.3 Å². The van der Waals surface area contributed by atoms with E-state index in [9.17, 15) is 0 Å². The number of likely N-dealkylation sites (tertiary alicyclic amines) is 1. The predicted molar refractivity (Wildman–Crippen MR) is 84.0 cm³/mol. The third kappa shape index (κ3) is 2.41. The second kappa shape index (κ2) is 4.73. The molecule has 2 atom stereocenters. The van der Waals surface area contributed by atoms with E-state index in [0.717, 1.165) is 48.6 Å². The number of nitrogen functional groups attached to an aromatic ring is 2. The third-order valence-electron chi connectivity index (χ3n) is 5.19. The van der Waals surface area contributed by atoms with Crippen molar-refractivity contribution in [1.29, 1.82) is 0 Å². The molecule has 3 aliphatic rings. The number of anilines is 3. The van der Waals surface area contributed by atoms with Gasteiger partial charge in [0.25, 0.3) is 0 Å². The van der Waals surface area contributed by atoms with Crippen LogP contribution in [0, 0.1) is 17.8 Å². The van der Waals surface area contributed by atoms with Crippen molar-refractivity contribution in [2.24, 2.45) is 17.8 Å². The molecule has 21 heavy (non-hydrogen) atoms. The molecule has 0 unspecified atom stereocenters. The maximum Gasteiger partial charge on any atom is 0.223 e. The quantitative estimate of drug-likeness (QED) is 0.847. The fourth-order valence-electron chi connectivity index (χ4n) is 3.98. The normalized spacial score (nSPS) is 29.1. The van der Waals surface area contributed by atoms with Crippen molar-refractivity contribution in [3.63, 3.8) is 0 Å². The van der Waals surface area contributed by atoms with Crippen LogP contribution in [0.25, 0.3) is 0 Å². The van der Waals surface area contributed by atoms with Crippen LogP contribution in [0.5, 0.6) is 0 Å². The molecule has 0 radical (unpaired) electrons. The Hall–Kier alpha value is -1.56. The third-order valence-corrected chi connectivity index (χ3v) is 5.19. The monoisotopic (exact) mass is 288 g/mol. The number of hydrogen-bond donors (Lipinski definition) is 2. The molecule has 1 aromatic heterocycles. The lowest BCUT2D eigenvalue weighted by Gasteiger charge is -2.23. The van der Waals surface area contributed by atoms with E-state index in [1.54, 1.807) is 0 Å². The van der Waals surface area contributed by atoms with E-state index < -0.39 is 0 Å². The average molecular weight is 288 g/mol. The first kappa shape index (κ1) is 13.1. The van der Waals surface area contributed by atoms with Gasteiger partial charge >= 0.3 is 0 Å². The summed E-state index contributed by atoms with van der Waals surface area (Å²) in [4.78, 5) is 13.6. The molecule has 0 aromatic carbocycles. The van der Waals surface area contributed by atoms with E-state index in [1.165, 1.54) is 25.9 Å². The van der Waals surface area contributed by atoms with Crippen LogP contribution in [0.4, 0.5) is 17.6 Å². The standard InChI is InChI=1S/C15H24N6/c1-20-5-10-7-21(8-11(10)6-20)14-12(4-9-2-3-9)13(16)18-15(17)19-14/h9-11H,2-8H2,1H3,(H4,16,17,18,19)/t10-,11+. The molecule has 114 valence electrons.